The van der Waals surface area contributed by atoms with Crippen LogP contribution in [0.5, 0.6) is 11.5 Å². The summed E-state index contributed by atoms with van der Waals surface area (Å²) in [6, 6.07) is 58.4. The molecule has 5 nitrogen and oxygen atoms in total. The molecule has 0 saturated heterocycles. The smallest absolute Gasteiger partial charge is 0.261 e. The lowest BCUT2D eigenvalue weighted by molar-refractivity contribution is 0.0503. The van der Waals surface area contributed by atoms with E-state index >= 15 is 0 Å². The molecular weight excluding hydrogens is 737 g/mol. The number of methoxy groups -OCH3 is 1. The van der Waals surface area contributed by atoms with E-state index in [1.165, 1.54) is 20.7 Å². The summed E-state index contributed by atoms with van der Waals surface area (Å²) in [5.41, 5.74) is 2.06. The fourth-order valence-corrected chi connectivity index (χ4v) is 17.0. The van der Waals surface area contributed by atoms with Crippen molar-refractivity contribution in [3.05, 3.63) is 181 Å². The highest BCUT2D eigenvalue weighted by molar-refractivity contribution is 7.00. The van der Waals surface area contributed by atoms with Gasteiger partial charge in [-0.2, -0.15) is 0 Å². The second kappa shape index (κ2) is 20.1. The van der Waals surface area contributed by atoms with Crippen LogP contribution in [0.1, 0.15) is 52.7 Å². The van der Waals surface area contributed by atoms with Crippen LogP contribution in [0.2, 0.25) is 10.1 Å². The van der Waals surface area contributed by atoms with Crippen molar-refractivity contribution in [1.29, 1.82) is 0 Å². The molecule has 0 fully saturated rings. The Morgan fingerprint density at radius 1 is 0.439 bits per heavy atom. The van der Waals surface area contributed by atoms with Gasteiger partial charge >= 0.3 is 0 Å². The maximum atomic E-state index is 10.1. The van der Waals surface area contributed by atoms with Crippen molar-refractivity contribution in [1.82, 2.24) is 0 Å². The van der Waals surface area contributed by atoms with Gasteiger partial charge < -0.3 is 23.4 Å². The third kappa shape index (κ3) is 10.4. The number of rotatable bonds is 15. The fraction of sp³-hybridized carbons (Fsp3) is 0.280. The summed E-state index contributed by atoms with van der Waals surface area (Å²) in [5.74, 6) is 1.19. The molecule has 7 heteroatoms. The number of phenolic OH excluding ortho intramolecular Hbond substituents is 1. The maximum absolute atomic E-state index is 10.1. The zero-order valence-electron chi connectivity index (χ0n) is 34.8. The number of phenols is 1. The minimum Gasteiger partial charge on any atom is -0.508 e. The largest absolute Gasteiger partial charge is 0.508 e. The number of hydrogen-bond acceptors (Lipinski definition) is 5. The van der Waals surface area contributed by atoms with Crippen LogP contribution in [-0.4, -0.2) is 48.9 Å². The van der Waals surface area contributed by atoms with Gasteiger partial charge in [0.25, 0.3) is 16.6 Å². The van der Waals surface area contributed by atoms with Crippen LogP contribution in [0.3, 0.4) is 0 Å². The number of ether oxygens (including phenoxy) is 2. The second-order valence-electron chi connectivity index (χ2n) is 16.3. The lowest BCUT2D eigenvalue weighted by Gasteiger charge is -2.43. The van der Waals surface area contributed by atoms with E-state index in [1.54, 1.807) is 13.2 Å². The topological polar surface area (TPSA) is 57.2 Å². The molecule has 0 bridgehead atoms. The summed E-state index contributed by atoms with van der Waals surface area (Å²) < 4.78 is 24.6. The monoisotopic (exact) mass is 796 g/mol. The highest BCUT2D eigenvalue weighted by Gasteiger charge is 2.51. The van der Waals surface area contributed by atoms with Crippen molar-refractivity contribution in [2.75, 3.05) is 27.1 Å². The quantitative estimate of drug-likeness (QED) is 0.0830. The standard InChI is InChI=1S/C26H32O3Si.C24H28O2Si/c1-26(2,3)30(23-14-7-5-8-15-23,24-16-9-6-10-17-24)29-20-19-22-13-11-12-18-25(22)28-21-27-4;1-24(2,3)27(21-13-6-4-7-14-21,22-15-8-5-9-16-22)26-19-18-20-12-10-11-17-23(20)25/h5-18H,19-21H2,1-4H3;4-17,25H,18-19H2,1-3H3. The lowest BCUT2D eigenvalue weighted by atomic mass is 10.1. The van der Waals surface area contributed by atoms with Gasteiger partial charge in [-0.05, 0) is 66.9 Å². The van der Waals surface area contributed by atoms with Crippen LogP contribution < -0.4 is 25.5 Å². The number of aromatic hydroxyl groups is 1. The van der Waals surface area contributed by atoms with Crippen LogP contribution in [-0.2, 0) is 26.4 Å². The lowest BCUT2D eigenvalue weighted by Crippen LogP contribution is -2.66. The predicted octanol–water partition coefficient (Wildman–Crippen LogP) is 9.30. The molecule has 6 aromatic rings. The van der Waals surface area contributed by atoms with Crippen LogP contribution >= 0.6 is 0 Å². The summed E-state index contributed by atoms with van der Waals surface area (Å²) in [5, 5.41) is 15.2. The first kappa shape index (κ1) is 43.4. The molecule has 0 atom stereocenters. The summed E-state index contributed by atoms with van der Waals surface area (Å²) in [7, 11) is -3.38. The minimum absolute atomic E-state index is 0.0260. The summed E-state index contributed by atoms with van der Waals surface area (Å²) >= 11 is 0. The minimum atomic E-state index is -2.51. The Hall–Kier alpha value is -4.77. The van der Waals surface area contributed by atoms with Crippen molar-refractivity contribution in [2.24, 2.45) is 0 Å². The molecule has 0 radical (unpaired) electrons. The highest BCUT2D eigenvalue weighted by Crippen LogP contribution is 2.38. The van der Waals surface area contributed by atoms with Crippen LogP contribution in [0.15, 0.2) is 170 Å². The number of hydrogen-bond donors (Lipinski definition) is 1. The molecule has 0 amide bonds. The second-order valence-corrected chi connectivity index (χ2v) is 24.9. The number of para-hydroxylation sites is 2. The first-order valence-electron chi connectivity index (χ1n) is 19.9. The molecule has 0 heterocycles. The van der Waals surface area contributed by atoms with Gasteiger partial charge in [0, 0.05) is 20.3 Å². The van der Waals surface area contributed by atoms with Gasteiger partial charge in [-0.15, -0.1) is 0 Å². The van der Waals surface area contributed by atoms with Crippen LogP contribution in [0.4, 0.5) is 0 Å². The Balaban J connectivity index is 0.000000219. The molecule has 0 aliphatic heterocycles. The van der Waals surface area contributed by atoms with E-state index in [4.69, 9.17) is 18.3 Å². The molecule has 0 aliphatic carbocycles. The van der Waals surface area contributed by atoms with E-state index in [0.29, 0.717) is 25.4 Å². The van der Waals surface area contributed by atoms with E-state index in [9.17, 15) is 5.11 Å². The van der Waals surface area contributed by atoms with Crippen LogP contribution in [0.25, 0.3) is 0 Å². The Labute approximate surface area is 343 Å². The Morgan fingerprint density at radius 2 is 0.772 bits per heavy atom. The van der Waals surface area contributed by atoms with Gasteiger partial charge in [-0.3, -0.25) is 0 Å². The maximum Gasteiger partial charge on any atom is 0.261 e. The fourth-order valence-electron chi connectivity index (χ4n) is 7.85. The molecule has 0 spiro atoms. The normalized spacial score (nSPS) is 12.1. The SMILES string of the molecule is CC(C)(C)[Si](OCCc1ccccc1O)(c1ccccc1)c1ccccc1.COCOc1ccccc1CCO[Si](c1ccccc1)(c1ccccc1)C(C)(C)C. The highest BCUT2D eigenvalue weighted by atomic mass is 28.4. The van der Waals surface area contributed by atoms with Gasteiger partial charge in [0.05, 0.1) is 0 Å². The average Bonchev–Trinajstić information content (AvgIpc) is 3.22. The van der Waals surface area contributed by atoms with Crippen LogP contribution in [0, 0.1) is 0 Å². The van der Waals surface area contributed by atoms with Crippen molar-refractivity contribution in [3.8, 4) is 11.5 Å². The van der Waals surface area contributed by atoms with Crippen molar-refractivity contribution in [2.45, 2.75) is 64.5 Å². The van der Waals surface area contributed by atoms with E-state index in [2.05, 4.69) is 169 Å². The summed E-state index contributed by atoms with van der Waals surface area (Å²) in [6.07, 6.45) is 1.47. The van der Waals surface area contributed by atoms with Gasteiger partial charge in [-0.25, -0.2) is 0 Å². The van der Waals surface area contributed by atoms with Gasteiger partial charge in [0.2, 0.25) is 0 Å². The molecule has 0 unspecified atom stereocenters. The first-order valence-corrected chi connectivity index (χ1v) is 23.7. The predicted molar refractivity (Wildman–Crippen MR) is 242 cm³/mol. The van der Waals surface area contributed by atoms with Crippen molar-refractivity contribution in [3.63, 3.8) is 0 Å². The van der Waals surface area contributed by atoms with E-state index in [0.717, 1.165) is 23.3 Å². The van der Waals surface area contributed by atoms with E-state index < -0.39 is 16.6 Å². The Kier molecular flexibility index (Phi) is 15.3. The number of benzene rings is 6. The zero-order valence-corrected chi connectivity index (χ0v) is 36.8. The third-order valence-electron chi connectivity index (χ3n) is 10.5. The van der Waals surface area contributed by atoms with Gasteiger partial charge in [-0.1, -0.05) is 199 Å². The Morgan fingerprint density at radius 3 is 1.14 bits per heavy atom. The molecule has 6 rings (SSSR count). The first-order chi connectivity index (χ1) is 27.4. The summed E-state index contributed by atoms with van der Waals surface area (Å²) in [4.78, 5) is 0. The molecule has 298 valence electrons. The molecule has 6 aromatic carbocycles. The molecule has 1 N–H and O–H groups in total. The molecule has 0 saturated carbocycles. The third-order valence-corrected chi connectivity index (χ3v) is 20.6. The van der Waals surface area contributed by atoms with Crippen molar-refractivity contribution >= 4 is 37.4 Å². The van der Waals surface area contributed by atoms with E-state index in [-0.39, 0.29) is 16.9 Å². The van der Waals surface area contributed by atoms with Gasteiger partial charge in [0.15, 0.2) is 6.79 Å². The average molecular weight is 797 g/mol. The molecule has 0 aromatic heterocycles. The van der Waals surface area contributed by atoms with Crippen molar-refractivity contribution < 1.29 is 23.4 Å². The molecular formula is C50H60O5Si2. The Bertz CT molecular complexity index is 1980. The molecule has 0 aliphatic rings. The zero-order chi connectivity index (χ0) is 40.8. The molecule has 57 heavy (non-hydrogen) atoms. The van der Waals surface area contributed by atoms with E-state index in [1.807, 2.05) is 36.4 Å². The van der Waals surface area contributed by atoms with Gasteiger partial charge in [0.1, 0.15) is 11.5 Å². The summed E-state index contributed by atoms with van der Waals surface area (Å²) in [6.45, 7) is 15.2.